The van der Waals surface area contributed by atoms with Crippen LogP contribution in [0.1, 0.15) is 0 Å². The number of nitrogens with zero attached hydrogens (tertiary/aromatic N) is 1. The van der Waals surface area contributed by atoms with Gasteiger partial charge in [-0.2, -0.15) is 0 Å². The van der Waals surface area contributed by atoms with Gasteiger partial charge >= 0.3 is 0 Å². The van der Waals surface area contributed by atoms with Crippen molar-refractivity contribution in [3.8, 4) is 0 Å². The van der Waals surface area contributed by atoms with Crippen LogP contribution in [0.25, 0.3) is 0 Å². The van der Waals surface area contributed by atoms with Crippen molar-refractivity contribution in [2.24, 2.45) is 0 Å². The summed E-state index contributed by atoms with van der Waals surface area (Å²) in [5.74, 6) is 2.58. The summed E-state index contributed by atoms with van der Waals surface area (Å²) < 4.78 is 0. The van der Waals surface area contributed by atoms with Crippen LogP contribution in [0.4, 0.5) is 0 Å². The van der Waals surface area contributed by atoms with Crippen molar-refractivity contribution in [2.45, 2.75) is 0 Å². The van der Waals surface area contributed by atoms with Crippen molar-refractivity contribution in [1.82, 2.24) is 5.34 Å². The van der Waals surface area contributed by atoms with Crippen LogP contribution in [0.2, 0.25) is 0 Å². The van der Waals surface area contributed by atoms with Gasteiger partial charge < -0.3 is 12.4 Å². The molecule has 0 spiro atoms. The van der Waals surface area contributed by atoms with Gasteiger partial charge in [0.15, 0.2) is 0 Å². The van der Waals surface area contributed by atoms with Gasteiger partial charge in [-0.25, -0.2) is 16.3 Å². The third-order valence-corrected chi connectivity index (χ3v) is 0. The maximum absolute atomic E-state index is 7.33. The molecular formula is H5ClN2O2. The Labute approximate surface area is 35.1 Å². The van der Waals surface area contributed by atoms with Crippen molar-refractivity contribution in [3.05, 3.63) is 0 Å². The first-order valence-electron chi connectivity index (χ1n) is 0.716. The van der Waals surface area contributed by atoms with E-state index >= 15 is 0 Å². The summed E-state index contributed by atoms with van der Waals surface area (Å²) in [6.07, 6.45) is 0. The van der Waals surface area contributed by atoms with Crippen molar-refractivity contribution in [1.29, 1.82) is 0 Å². The largest absolute Gasteiger partial charge is 1.00 e. The highest BCUT2D eigenvalue weighted by Crippen LogP contribution is 1.27. The fourth-order valence-corrected chi connectivity index (χ4v) is 0. The topological polar surface area (TPSA) is 71.3 Å². The Balaban J connectivity index is 0. The van der Waals surface area contributed by atoms with E-state index in [0.717, 1.165) is 0 Å². The SMILES string of the molecule is [Cl-].[NH3+]N(O)O. The molecule has 4 nitrogen and oxygen atoms in total. The summed E-state index contributed by atoms with van der Waals surface area (Å²) >= 11 is 0. The molecule has 0 aromatic heterocycles. The van der Waals surface area contributed by atoms with Gasteiger partial charge in [-0.05, 0) is 0 Å². The average Bonchev–Trinajstić information content (AvgIpc) is 0.811. The normalized spacial score (nSPS) is 7.20. The minimum Gasteiger partial charge on any atom is -1.00 e. The number of quaternary nitrogens is 1. The van der Waals surface area contributed by atoms with E-state index in [9.17, 15) is 0 Å². The molecule has 5 N–H and O–H groups in total. The fourth-order valence-electron chi connectivity index (χ4n) is 0. The summed E-state index contributed by atoms with van der Waals surface area (Å²) in [4.78, 5) is 0. The van der Waals surface area contributed by atoms with Gasteiger partial charge in [0, 0.05) is 0 Å². The molecule has 0 unspecified atom stereocenters. The lowest BCUT2D eigenvalue weighted by molar-refractivity contribution is -0.753. The summed E-state index contributed by atoms with van der Waals surface area (Å²) in [6.45, 7) is 0. The zero-order valence-corrected chi connectivity index (χ0v) is 3.18. The molecule has 0 saturated heterocycles. The monoisotopic (exact) mass is 100 g/mol. The first-order valence-corrected chi connectivity index (χ1v) is 0.716. The standard InChI is InChI=1S/ClH.H4N2O2/c;1-2(3)4/h1H;3-4H,1H2. The van der Waals surface area contributed by atoms with Crippen molar-refractivity contribution >= 4 is 0 Å². The van der Waals surface area contributed by atoms with Crippen LogP contribution in [0.15, 0.2) is 0 Å². The Morgan fingerprint density at radius 3 is 1.40 bits per heavy atom. The van der Waals surface area contributed by atoms with Crippen molar-refractivity contribution in [2.75, 3.05) is 0 Å². The molecule has 0 aliphatic carbocycles. The van der Waals surface area contributed by atoms with Gasteiger partial charge in [0.05, 0.1) is 0 Å². The number of hydrogen-bond acceptors (Lipinski definition) is 3. The van der Waals surface area contributed by atoms with Gasteiger partial charge in [0.1, 0.15) is 5.34 Å². The van der Waals surface area contributed by atoms with E-state index in [1.54, 1.807) is 0 Å². The molecule has 0 atom stereocenters. The van der Waals surface area contributed by atoms with E-state index < -0.39 is 0 Å². The molecule has 0 aliphatic rings. The molecule has 5 heteroatoms. The smallest absolute Gasteiger partial charge is 0.107 e. The van der Waals surface area contributed by atoms with Gasteiger partial charge in [0.2, 0.25) is 0 Å². The van der Waals surface area contributed by atoms with Gasteiger partial charge in [-0.1, -0.05) is 0 Å². The second-order valence-corrected chi connectivity index (χ2v) is 0.372. The molecule has 0 radical (unpaired) electrons. The maximum atomic E-state index is 7.33. The van der Waals surface area contributed by atoms with E-state index in [0.29, 0.717) is 0 Å². The van der Waals surface area contributed by atoms with Crippen molar-refractivity contribution < 1.29 is 28.7 Å². The zero-order valence-electron chi connectivity index (χ0n) is 2.43. The summed E-state index contributed by atoms with van der Waals surface area (Å²) in [5, 5.41) is 14.4. The number of halogens is 1. The molecule has 0 rings (SSSR count). The predicted molar refractivity (Wildman–Crippen MR) is 8.30 cm³/mol. The van der Waals surface area contributed by atoms with Crippen LogP contribution in [0.5, 0.6) is 0 Å². The molecule has 0 heterocycles. The van der Waals surface area contributed by atoms with Crippen LogP contribution < -0.4 is 18.2 Å². The van der Waals surface area contributed by atoms with E-state index in [4.69, 9.17) is 10.4 Å². The highest BCUT2D eigenvalue weighted by Gasteiger charge is 1.68. The first kappa shape index (κ1) is 8.93. The minimum absolute atomic E-state index is 0. The quantitative estimate of drug-likeness (QED) is 0.268. The third kappa shape index (κ3) is 1110. The van der Waals surface area contributed by atoms with Crippen LogP contribution in [0, 0.1) is 0 Å². The number of hydrogen-bond donors (Lipinski definition) is 3. The minimum atomic E-state index is -0.250. The lowest BCUT2D eigenvalue weighted by atomic mass is 12.7. The van der Waals surface area contributed by atoms with Crippen LogP contribution in [-0.4, -0.2) is 15.8 Å². The Hall–Kier alpha value is 0.130. The molecule has 0 aliphatic heterocycles. The maximum Gasteiger partial charge on any atom is 0.107 e. The Kier molecular flexibility index (Phi) is 7.38. The van der Waals surface area contributed by atoms with Gasteiger partial charge in [-0.3, -0.25) is 0 Å². The Bertz CT molecular complexity index is 12.4. The molecule has 0 fully saturated rings. The van der Waals surface area contributed by atoms with Gasteiger partial charge in [-0.15, -0.1) is 0 Å². The molecule has 0 aromatic rings. The molecule has 0 bridgehead atoms. The lowest BCUT2D eigenvalue weighted by Gasteiger charge is -1.81. The molecule has 0 amide bonds. The number of rotatable bonds is 0. The molecule has 5 heavy (non-hydrogen) atoms. The van der Waals surface area contributed by atoms with Crippen LogP contribution in [-0.2, 0) is 0 Å². The first-order chi connectivity index (χ1) is 1.73. The van der Waals surface area contributed by atoms with Crippen LogP contribution >= 0.6 is 0 Å². The second kappa shape index (κ2) is 4.13. The lowest BCUT2D eigenvalue weighted by Crippen LogP contribution is -3.00. The Morgan fingerprint density at radius 2 is 1.40 bits per heavy atom. The van der Waals surface area contributed by atoms with Crippen molar-refractivity contribution in [3.63, 3.8) is 0 Å². The Morgan fingerprint density at radius 1 is 1.40 bits per heavy atom. The zero-order chi connectivity index (χ0) is 3.58. The highest BCUT2D eigenvalue weighted by atomic mass is 35.5. The average molecular weight is 101 g/mol. The molecule has 34 valence electrons. The fraction of sp³-hybridized carbons (Fsp3) is 0. The van der Waals surface area contributed by atoms with Crippen LogP contribution in [0.3, 0.4) is 0 Å². The van der Waals surface area contributed by atoms with Gasteiger partial charge in [0.25, 0.3) is 0 Å². The summed E-state index contributed by atoms with van der Waals surface area (Å²) in [5.41, 5.74) is 0. The second-order valence-electron chi connectivity index (χ2n) is 0.372. The molecule has 0 aromatic carbocycles. The van der Waals surface area contributed by atoms with E-state index in [-0.39, 0.29) is 17.7 Å². The van der Waals surface area contributed by atoms with E-state index in [1.165, 1.54) is 0 Å². The predicted octanol–water partition coefficient (Wildman–Crippen LogP) is -4.77. The third-order valence-electron chi connectivity index (χ3n) is 0. The molecular weight excluding hydrogens is 95.5 g/mol. The highest BCUT2D eigenvalue weighted by molar-refractivity contribution is 3.06. The summed E-state index contributed by atoms with van der Waals surface area (Å²) in [7, 11) is 0. The van der Waals surface area contributed by atoms with E-state index in [2.05, 4.69) is 5.84 Å². The van der Waals surface area contributed by atoms with E-state index in [1.807, 2.05) is 0 Å². The summed E-state index contributed by atoms with van der Waals surface area (Å²) in [6, 6.07) is 0. The molecule has 0 saturated carbocycles.